The second-order valence-electron chi connectivity index (χ2n) is 6.83. The van der Waals surface area contributed by atoms with Crippen molar-refractivity contribution in [1.29, 1.82) is 0 Å². The number of nitrogens with one attached hydrogen (secondary N) is 1. The molecule has 10 heteroatoms. The highest BCUT2D eigenvalue weighted by molar-refractivity contribution is 5.94. The minimum atomic E-state index is -0.508. The van der Waals surface area contributed by atoms with Gasteiger partial charge in [-0.2, -0.15) is 5.10 Å². The van der Waals surface area contributed by atoms with Crippen molar-refractivity contribution in [2.24, 2.45) is 14.1 Å². The van der Waals surface area contributed by atoms with E-state index in [9.17, 15) is 14.4 Å². The third kappa shape index (κ3) is 3.50. The summed E-state index contributed by atoms with van der Waals surface area (Å²) in [5.74, 6) is -0.431. The van der Waals surface area contributed by atoms with Crippen molar-refractivity contribution < 1.29 is 4.79 Å². The van der Waals surface area contributed by atoms with E-state index in [2.05, 4.69) is 20.4 Å². The van der Waals surface area contributed by atoms with Crippen LogP contribution in [0.25, 0.3) is 11.0 Å². The zero-order valence-corrected chi connectivity index (χ0v) is 16.4. The SMILES string of the molecule is Cn1c(=O)c2ccc(C(=O)NC(Cn3cncn3)c3ccccc3)nc2n(C)c1=O. The highest BCUT2D eigenvalue weighted by atomic mass is 16.2. The van der Waals surface area contributed by atoms with Crippen LogP contribution in [0.15, 0.2) is 64.7 Å². The number of benzene rings is 1. The van der Waals surface area contributed by atoms with Gasteiger partial charge in [-0.15, -0.1) is 0 Å². The van der Waals surface area contributed by atoms with Crippen LogP contribution in [-0.4, -0.2) is 34.8 Å². The van der Waals surface area contributed by atoms with Gasteiger partial charge in [-0.05, 0) is 17.7 Å². The molecule has 0 saturated heterocycles. The number of carbonyl (C=O) groups excluding carboxylic acids is 1. The molecule has 1 aromatic carbocycles. The molecular weight excluding hydrogens is 386 g/mol. The van der Waals surface area contributed by atoms with E-state index >= 15 is 0 Å². The van der Waals surface area contributed by atoms with Crippen molar-refractivity contribution in [2.45, 2.75) is 12.6 Å². The molecule has 0 aliphatic rings. The minimum Gasteiger partial charge on any atom is -0.342 e. The molecule has 3 aromatic heterocycles. The summed E-state index contributed by atoms with van der Waals surface area (Å²) >= 11 is 0. The van der Waals surface area contributed by atoms with Gasteiger partial charge in [0.15, 0.2) is 0 Å². The number of fused-ring (bicyclic) bond motifs is 1. The lowest BCUT2D eigenvalue weighted by atomic mass is 10.1. The van der Waals surface area contributed by atoms with E-state index < -0.39 is 17.2 Å². The van der Waals surface area contributed by atoms with Gasteiger partial charge in [-0.1, -0.05) is 30.3 Å². The first-order valence-corrected chi connectivity index (χ1v) is 9.20. The van der Waals surface area contributed by atoms with Gasteiger partial charge in [0, 0.05) is 14.1 Å². The summed E-state index contributed by atoms with van der Waals surface area (Å²) in [7, 11) is 2.91. The van der Waals surface area contributed by atoms with Gasteiger partial charge >= 0.3 is 5.69 Å². The molecule has 10 nitrogen and oxygen atoms in total. The molecule has 0 bridgehead atoms. The molecule has 0 fully saturated rings. The third-order valence-electron chi connectivity index (χ3n) is 4.88. The molecule has 152 valence electrons. The lowest BCUT2D eigenvalue weighted by molar-refractivity contribution is 0.0927. The van der Waals surface area contributed by atoms with Crippen LogP contribution in [0.1, 0.15) is 22.1 Å². The number of pyridine rings is 1. The first-order chi connectivity index (χ1) is 14.5. The predicted octanol–water partition coefficient (Wildman–Crippen LogP) is 0.395. The molecule has 0 saturated carbocycles. The van der Waals surface area contributed by atoms with Gasteiger partial charge in [0.05, 0.1) is 18.0 Å². The molecule has 4 rings (SSSR count). The van der Waals surface area contributed by atoms with Gasteiger partial charge in [0.25, 0.3) is 11.5 Å². The Labute approximate surface area is 170 Å². The van der Waals surface area contributed by atoms with Crippen molar-refractivity contribution in [3.05, 3.63) is 87.2 Å². The average molecular weight is 405 g/mol. The van der Waals surface area contributed by atoms with E-state index in [1.807, 2.05) is 30.3 Å². The molecule has 0 spiro atoms. The Bertz CT molecular complexity index is 1320. The number of hydrogen-bond donors (Lipinski definition) is 1. The van der Waals surface area contributed by atoms with Crippen molar-refractivity contribution >= 4 is 16.9 Å². The maximum atomic E-state index is 13.0. The number of nitrogens with zero attached hydrogens (tertiary/aromatic N) is 6. The number of aryl methyl sites for hydroxylation is 1. The fourth-order valence-electron chi connectivity index (χ4n) is 3.25. The van der Waals surface area contributed by atoms with Crippen LogP contribution in [0.3, 0.4) is 0 Å². The molecule has 4 aromatic rings. The van der Waals surface area contributed by atoms with Crippen LogP contribution in [0.5, 0.6) is 0 Å². The Balaban J connectivity index is 1.69. The molecule has 0 aliphatic carbocycles. The van der Waals surface area contributed by atoms with Crippen LogP contribution < -0.4 is 16.6 Å². The van der Waals surface area contributed by atoms with Crippen molar-refractivity contribution in [2.75, 3.05) is 0 Å². The minimum absolute atomic E-state index is 0.102. The van der Waals surface area contributed by atoms with Gasteiger partial charge in [-0.25, -0.2) is 14.8 Å². The van der Waals surface area contributed by atoms with E-state index in [1.165, 1.54) is 37.1 Å². The van der Waals surface area contributed by atoms with E-state index in [4.69, 9.17) is 0 Å². The van der Waals surface area contributed by atoms with Gasteiger partial charge in [-0.3, -0.25) is 23.4 Å². The fourth-order valence-corrected chi connectivity index (χ4v) is 3.25. The number of aromatic nitrogens is 6. The predicted molar refractivity (Wildman–Crippen MR) is 109 cm³/mol. The quantitative estimate of drug-likeness (QED) is 0.514. The second-order valence-corrected chi connectivity index (χ2v) is 6.83. The highest BCUT2D eigenvalue weighted by Gasteiger charge is 2.19. The summed E-state index contributed by atoms with van der Waals surface area (Å²) in [5, 5.41) is 7.32. The Morgan fingerprint density at radius 2 is 1.83 bits per heavy atom. The number of carbonyl (C=O) groups is 1. The summed E-state index contributed by atoms with van der Waals surface area (Å²) in [6.07, 6.45) is 3.00. The zero-order valence-electron chi connectivity index (χ0n) is 16.4. The Kier molecular flexibility index (Phi) is 4.97. The van der Waals surface area contributed by atoms with Crippen LogP contribution in [0, 0.1) is 0 Å². The van der Waals surface area contributed by atoms with E-state index in [-0.39, 0.29) is 22.8 Å². The first kappa shape index (κ1) is 19.2. The maximum absolute atomic E-state index is 13.0. The lowest BCUT2D eigenvalue weighted by Crippen LogP contribution is -2.38. The summed E-state index contributed by atoms with van der Waals surface area (Å²) in [4.78, 5) is 45.7. The van der Waals surface area contributed by atoms with Crippen molar-refractivity contribution in [1.82, 2.24) is 34.2 Å². The molecule has 1 atom stereocenters. The van der Waals surface area contributed by atoms with E-state index in [0.717, 1.165) is 10.1 Å². The van der Waals surface area contributed by atoms with E-state index in [0.29, 0.717) is 6.54 Å². The molecule has 1 N–H and O–H groups in total. The van der Waals surface area contributed by atoms with E-state index in [1.54, 1.807) is 11.0 Å². The second kappa shape index (κ2) is 7.74. The number of amides is 1. The molecule has 30 heavy (non-hydrogen) atoms. The number of hydrogen-bond acceptors (Lipinski definition) is 6. The smallest absolute Gasteiger partial charge is 0.332 e. The van der Waals surface area contributed by atoms with Crippen LogP contribution in [-0.2, 0) is 20.6 Å². The molecule has 1 amide bonds. The summed E-state index contributed by atoms with van der Waals surface area (Å²) < 4.78 is 3.88. The average Bonchev–Trinajstić information content (AvgIpc) is 3.29. The van der Waals surface area contributed by atoms with Gasteiger partial charge in [0.1, 0.15) is 24.0 Å². The maximum Gasteiger partial charge on any atom is 0.332 e. The number of rotatable bonds is 5. The van der Waals surface area contributed by atoms with Crippen LogP contribution >= 0.6 is 0 Å². The van der Waals surface area contributed by atoms with Gasteiger partial charge < -0.3 is 5.32 Å². The van der Waals surface area contributed by atoms with Crippen molar-refractivity contribution in [3.63, 3.8) is 0 Å². The normalized spacial score (nSPS) is 12.1. The standard InChI is InChI=1S/C20H19N7O3/c1-25-17-14(19(29)26(2)20(25)30)8-9-15(23-17)18(28)24-16(10-27-12-21-11-22-27)13-6-4-3-5-7-13/h3-9,11-12,16H,10H2,1-2H3,(H,24,28). The third-order valence-corrected chi connectivity index (χ3v) is 4.88. The largest absolute Gasteiger partial charge is 0.342 e. The molecule has 3 heterocycles. The summed E-state index contributed by atoms with van der Waals surface area (Å²) in [6.45, 7) is 0.377. The van der Waals surface area contributed by atoms with Crippen LogP contribution in [0.2, 0.25) is 0 Å². The summed E-state index contributed by atoms with van der Waals surface area (Å²) in [5.41, 5.74) is 0.184. The Morgan fingerprint density at radius 3 is 2.53 bits per heavy atom. The molecule has 0 aliphatic heterocycles. The molecular formula is C20H19N7O3. The fraction of sp³-hybridized carbons (Fsp3) is 0.200. The van der Waals surface area contributed by atoms with Gasteiger partial charge in [0.2, 0.25) is 0 Å². The zero-order chi connectivity index (χ0) is 21.3. The highest BCUT2D eigenvalue weighted by Crippen LogP contribution is 2.16. The topological polar surface area (TPSA) is 117 Å². The Morgan fingerprint density at radius 1 is 1.07 bits per heavy atom. The molecule has 1 unspecified atom stereocenters. The lowest BCUT2D eigenvalue weighted by Gasteiger charge is -2.19. The van der Waals surface area contributed by atoms with Crippen molar-refractivity contribution in [3.8, 4) is 0 Å². The first-order valence-electron chi connectivity index (χ1n) is 9.20. The van der Waals surface area contributed by atoms with Crippen LogP contribution in [0.4, 0.5) is 0 Å². The Hall–Kier alpha value is -4.08. The molecule has 0 radical (unpaired) electrons. The monoisotopic (exact) mass is 405 g/mol. The summed E-state index contributed by atoms with van der Waals surface area (Å²) in [6, 6.07) is 12.1.